The highest BCUT2D eigenvalue weighted by Crippen LogP contribution is 2.37. The minimum Gasteiger partial charge on any atom is -0.369 e. The predicted octanol–water partition coefficient (Wildman–Crippen LogP) is 0.905. The lowest BCUT2D eigenvalue weighted by Gasteiger charge is -2.31. The van der Waals surface area contributed by atoms with Crippen LogP contribution in [0.4, 0.5) is 0 Å². The summed E-state index contributed by atoms with van der Waals surface area (Å²) in [5.74, 6) is -0.635. The summed E-state index contributed by atoms with van der Waals surface area (Å²) in [7, 11) is 0. The summed E-state index contributed by atoms with van der Waals surface area (Å²) in [6, 6.07) is 1.96. The number of rotatable bonds is 3. The third-order valence-electron chi connectivity index (χ3n) is 2.93. The van der Waals surface area contributed by atoms with Crippen LogP contribution in [-0.4, -0.2) is 11.7 Å². The molecule has 0 aromatic rings. The number of carbonyl (C=O) groups excluding carboxylic acids is 2. The maximum Gasteiger partial charge on any atom is 0.231 e. The van der Waals surface area contributed by atoms with E-state index < -0.39 is 11.3 Å². The van der Waals surface area contributed by atoms with Crippen LogP contribution in [0.5, 0.6) is 0 Å². The first-order valence-corrected chi connectivity index (χ1v) is 4.83. The van der Waals surface area contributed by atoms with Gasteiger partial charge in [0.25, 0.3) is 0 Å². The van der Waals surface area contributed by atoms with Gasteiger partial charge in [0.2, 0.25) is 5.91 Å². The molecule has 0 aromatic carbocycles. The molecule has 1 fully saturated rings. The first kappa shape index (κ1) is 10.7. The molecule has 2 N–H and O–H groups in total. The lowest BCUT2D eigenvalue weighted by Crippen LogP contribution is -2.45. The summed E-state index contributed by atoms with van der Waals surface area (Å²) in [5.41, 5.74) is 4.23. The Morgan fingerprint density at radius 2 is 2.29 bits per heavy atom. The van der Waals surface area contributed by atoms with Crippen LogP contribution < -0.4 is 5.73 Å². The minimum absolute atomic E-state index is 0.0773. The van der Waals surface area contributed by atoms with E-state index in [-0.39, 0.29) is 18.6 Å². The van der Waals surface area contributed by atoms with E-state index in [0.29, 0.717) is 12.8 Å². The average Bonchev–Trinajstić information content (AvgIpc) is 2.16. The van der Waals surface area contributed by atoms with Crippen LogP contribution >= 0.6 is 0 Å². The van der Waals surface area contributed by atoms with Crippen molar-refractivity contribution >= 4 is 11.7 Å². The highest BCUT2D eigenvalue weighted by Gasteiger charge is 2.44. The number of carbonyl (C=O) groups is 2. The van der Waals surface area contributed by atoms with Gasteiger partial charge in [-0.15, -0.1) is 0 Å². The summed E-state index contributed by atoms with van der Waals surface area (Å²) in [4.78, 5) is 22.9. The zero-order valence-electron chi connectivity index (χ0n) is 8.08. The molecule has 0 aromatic heterocycles. The van der Waals surface area contributed by atoms with Crippen molar-refractivity contribution in [2.45, 2.75) is 38.5 Å². The van der Waals surface area contributed by atoms with Crippen LogP contribution in [0.25, 0.3) is 0 Å². The summed E-state index contributed by atoms with van der Waals surface area (Å²) in [6.45, 7) is 0. The Bertz CT molecular complexity index is 293. The zero-order valence-corrected chi connectivity index (χ0v) is 8.08. The normalized spacial score (nSPS) is 26.9. The number of amides is 1. The number of nitriles is 1. The van der Waals surface area contributed by atoms with Crippen molar-refractivity contribution in [3.05, 3.63) is 0 Å². The maximum absolute atomic E-state index is 11.7. The molecule has 1 saturated carbocycles. The van der Waals surface area contributed by atoms with Crippen molar-refractivity contribution in [1.29, 1.82) is 5.26 Å². The molecule has 1 aliphatic rings. The predicted molar refractivity (Wildman–Crippen MR) is 49.9 cm³/mol. The molecule has 1 aliphatic carbocycles. The van der Waals surface area contributed by atoms with Gasteiger partial charge in [-0.2, -0.15) is 5.26 Å². The molecular formula is C10H14N2O2. The number of hydrogen-bond acceptors (Lipinski definition) is 3. The van der Waals surface area contributed by atoms with E-state index in [1.807, 2.05) is 6.07 Å². The Morgan fingerprint density at radius 1 is 1.57 bits per heavy atom. The smallest absolute Gasteiger partial charge is 0.231 e. The van der Waals surface area contributed by atoms with Gasteiger partial charge in [-0.1, -0.05) is 6.42 Å². The number of ketones is 1. The van der Waals surface area contributed by atoms with Crippen molar-refractivity contribution in [2.75, 3.05) is 0 Å². The Balaban J connectivity index is 2.84. The molecule has 4 nitrogen and oxygen atoms in total. The Kier molecular flexibility index (Phi) is 3.23. The molecular weight excluding hydrogens is 180 g/mol. The van der Waals surface area contributed by atoms with Crippen molar-refractivity contribution in [1.82, 2.24) is 0 Å². The van der Waals surface area contributed by atoms with Crippen molar-refractivity contribution in [3.63, 3.8) is 0 Å². The first-order chi connectivity index (χ1) is 6.63. The second-order valence-electron chi connectivity index (χ2n) is 3.73. The molecule has 0 bridgehead atoms. The fraction of sp³-hybridized carbons (Fsp3) is 0.700. The summed E-state index contributed by atoms with van der Waals surface area (Å²) < 4.78 is 0. The highest BCUT2D eigenvalue weighted by atomic mass is 16.2. The summed E-state index contributed by atoms with van der Waals surface area (Å²) in [5, 5.41) is 8.47. The van der Waals surface area contributed by atoms with Crippen LogP contribution in [0, 0.1) is 16.7 Å². The van der Waals surface area contributed by atoms with Crippen LogP contribution in [0.3, 0.4) is 0 Å². The van der Waals surface area contributed by atoms with E-state index in [1.165, 1.54) is 0 Å². The Hall–Kier alpha value is -1.37. The van der Waals surface area contributed by atoms with Gasteiger partial charge in [0.1, 0.15) is 11.2 Å². The lowest BCUT2D eigenvalue weighted by atomic mass is 9.69. The summed E-state index contributed by atoms with van der Waals surface area (Å²) in [6.07, 6.45) is 3.13. The van der Waals surface area contributed by atoms with E-state index in [2.05, 4.69) is 0 Å². The highest BCUT2D eigenvalue weighted by molar-refractivity contribution is 6.05. The molecule has 0 radical (unpaired) electrons. The van der Waals surface area contributed by atoms with Crippen LogP contribution in [-0.2, 0) is 9.59 Å². The van der Waals surface area contributed by atoms with Gasteiger partial charge in [-0.25, -0.2) is 0 Å². The van der Waals surface area contributed by atoms with Gasteiger partial charge < -0.3 is 5.73 Å². The molecule has 0 aliphatic heterocycles. The van der Waals surface area contributed by atoms with E-state index in [9.17, 15) is 9.59 Å². The standard InChI is InChI=1S/C10H14N2O2/c11-7-3-6-10(9(12)14)5-2-1-4-8(10)13/h1-6H2,(H2,12,14). The zero-order chi connectivity index (χ0) is 10.6. The van der Waals surface area contributed by atoms with Gasteiger partial charge >= 0.3 is 0 Å². The average molecular weight is 194 g/mol. The van der Waals surface area contributed by atoms with E-state index in [1.54, 1.807) is 0 Å². The van der Waals surface area contributed by atoms with Crippen molar-refractivity contribution < 1.29 is 9.59 Å². The molecule has 1 rings (SSSR count). The maximum atomic E-state index is 11.7. The van der Waals surface area contributed by atoms with Crippen molar-refractivity contribution in [3.8, 4) is 6.07 Å². The van der Waals surface area contributed by atoms with E-state index in [4.69, 9.17) is 11.0 Å². The second-order valence-corrected chi connectivity index (χ2v) is 3.73. The molecule has 0 spiro atoms. The fourth-order valence-corrected chi connectivity index (χ4v) is 2.01. The molecule has 14 heavy (non-hydrogen) atoms. The molecule has 4 heteroatoms. The second kappa shape index (κ2) is 4.23. The van der Waals surface area contributed by atoms with Gasteiger partial charge in [-0.05, 0) is 19.3 Å². The topological polar surface area (TPSA) is 83.9 Å². The monoisotopic (exact) mass is 194 g/mol. The number of Topliss-reactive ketones (excluding diaryl/α,β-unsaturated/α-hetero) is 1. The van der Waals surface area contributed by atoms with Gasteiger partial charge in [0.05, 0.1) is 6.07 Å². The molecule has 1 amide bonds. The van der Waals surface area contributed by atoms with Crippen molar-refractivity contribution in [2.24, 2.45) is 11.1 Å². The molecule has 0 heterocycles. The number of nitrogens with two attached hydrogens (primary N) is 1. The molecule has 0 saturated heterocycles. The number of hydrogen-bond donors (Lipinski definition) is 1. The quantitative estimate of drug-likeness (QED) is 0.677. The van der Waals surface area contributed by atoms with Crippen LogP contribution in [0.15, 0.2) is 0 Å². The van der Waals surface area contributed by atoms with Gasteiger partial charge in [0, 0.05) is 12.8 Å². The lowest BCUT2D eigenvalue weighted by molar-refractivity contribution is -0.143. The third kappa shape index (κ3) is 1.77. The van der Waals surface area contributed by atoms with Gasteiger partial charge in [0.15, 0.2) is 0 Å². The first-order valence-electron chi connectivity index (χ1n) is 4.83. The Morgan fingerprint density at radius 3 is 2.79 bits per heavy atom. The van der Waals surface area contributed by atoms with Gasteiger partial charge in [-0.3, -0.25) is 9.59 Å². The van der Waals surface area contributed by atoms with E-state index in [0.717, 1.165) is 12.8 Å². The van der Waals surface area contributed by atoms with E-state index >= 15 is 0 Å². The Labute approximate surface area is 83.1 Å². The summed E-state index contributed by atoms with van der Waals surface area (Å²) >= 11 is 0. The largest absolute Gasteiger partial charge is 0.369 e. The molecule has 1 atom stereocenters. The minimum atomic E-state index is -1.03. The number of nitrogens with zero attached hydrogens (tertiary/aromatic N) is 1. The third-order valence-corrected chi connectivity index (χ3v) is 2.93. The number of primary amides is 1. The van der Waals surface area contributed by atoms with Crippen LogP contribution in [0.2, 0.25) is 0 Å². The molecule has 76 valence electrons. The van der Waals surface area contributed by atoms with Crippen LogP contribution in [0.1, 0.15) is 38.5 Å². The SMILES string of the molecule is N#CCCC1(C(N)=O)CCCCC1=O. The molecule has 1 unspecified atom stereocenters. The fourth-order valence-electron chi connectivity index (χ4n) is 2.01.